The second-order valence-electron chi connectivity index (χ2n) is 8.66. The summed E-state index contributed by atoms with van der Waals surface area (Å²) < 4.78 is 32.8. The van der Waals surface area contributed by atoms with Crippen molar-refractivity contribution in [1.29, 1.82) is 0 Å². The minimum atomic E-state index is -3.69. The lowest BCUT2D eigenvalue weighted by Gasteiger charge is -2.37. The Kier molecular flexibility index (Phi) is 6.62. The SMILES string of the molecule is C[C@@H]1C[C@H](C)CN(C(=O)CN2C(=O)CSc3ccc(S(=O)(=O)N4CCOCC4)cc32)C1. The number of nitrogens with zero attached hydrogens (tertiary/aromatic N) is 3. The summed E-state index contributed by atoms with van der Waals surface area (Å²) in [4.78, 5) is 30.0. The van der Waals surface area contributed by atoms with Crippen molar-refractivity contribution < 1.29 is 22.7 Å². The van der Waals surface area contributed by atoms with Gasteiger partial charge in [0.2, 0.25) is 21.8 Å². The number of rotatable bonds is 4. The summed E-state index contributed by atoms with van der Waals surface area (Å²) in [7, 11) is -3.69. The van der Waals surface area contributed by atoms with E-state index in [1.54, 1.807) is 18.2 Å². The van der Waals surface area contributed by atoms with Crippen LogP contribution in [0, 0.1) is 11.8 Å². The zero-order valence-electron chi connectivity index (χ0n) is 18.0. The van der Waals surface area contributed by atoms with E-state index in [9.17, 15) is 18.0 Å². The fourth-order valence-corrected chi connectivity index (χ4v) is 6.90. The first-order valence-electron chi connectivity index (χ1n) is 10.7. The van der Waals surface area contributed by atoms with Crippen molar-refractivity contribution >= 4 is 39.3 Å². The number of piperidine rings is 1. The van der Waals surface area contributed by atoms with Gasteiger partial charge < -0.3 is 14.5 Å². The number of ether oxygens (including phenoxy) is 1. The number of hydrogen-bond acceptors (Lipinski definition) is 6. The Labute approximate surface area is 187 Å². The number of carbonyl (C=O) groups is 2. The van der Waals surface area contributed by atoms with Crippen molar-refractivity contribution in [3.63, 3.8) is 0 Å². The average Bonchev–Trinajstić information content (AvgIpc) is 2.75. The molecule has 0 N–H and O–H groups in total. The van der Waals surface area contributed by atoms with E-state index >= 15 is 0 Å². The first kappa shape index (κ1) is 22.6. The molecule has 1 aromatic carbocycles. The lowest BCUT2D eigenvalue weighted by atomic mass is 9.92. The van der Waals surface area contributed by atoms with Gasteiger partial charge in [-0.1, -0.05) is 13.8 Å². The smallest absolute Gasteiger partial charge is 0.243 e. The van der Waals surface area contributed by atoms with Crippen molar-refractivity contribution in [2.45, 2.75) is 30.1 Å². The van der Waals surface area contributed by atoms with Gasteiger partial charge in [-0.25, -0.2) is 8.42 Å². The molecular formula is C21H29N3O5S2. The van der Waals surface area contributed by atoms with Gasteiger partial charge in [-0.2, -0.15) is 4.31 Å². The van der Waals surface area contributed by atoms with Crippen LogP contribution in [0.2, 0.25) is 0 Å². The predicted octanol–water partition coefficient (Wildman–Crippen LogP) is 1.65. The molecule has 0 radical (unpaired) electrons. The van der Waals surface area contributed by atoms with Crippen molar-refractivity contribution in [1.82, 2.24) is 9.21 Å². The van der Waals surface area contributed by atoms with Gasteiger partial charge in [0.25, 0.3) is 0 Å². The molecule has 0 aliphatic carbocycles. The van der Waals surface area contributed by atoms with Gasteiger partial charge in [0.1, 0.15) is 6.54 Å². The third-order valence-corrected chi connectivity index (χ3v) is 8.94. The van der Waals surface area contributed by atoms with Crippen LogP contribution < -0.4 is 4.90 Å². The highest BCUT2D eigenvalue weighted by atomic mass is 32.2. The molecule has 3 heterocycles. The van der Waals surface area contributed by atoms with E-state index in [4.69, 9.17) is 4.74 Å². The normalized spacial score (nSPS) is 25.4. The van der Waals surface area contributed by atoms with Gasteiger partial charge in [-0.15, -0.1) is 11.8 Å². The molecule has 3 aliphatic rings. The van der Waals surface area contributed by atoms with Crippen molar-refractivity contribution in [3.05, 3.63) is 18.2 Å². The Balaban J connectivity index is 1.59. The van der Waals surface area contributed by atoms with E-state index in [1.807, 2.05) is 4.90 Å². The second kappa shape index (κ2) is 9.09. The first-order chi connectivity index (χ1) is 14.8. The highest BCUT2D eigenvalue weighted by Gasteiger charge is 2.33. The molecule has 0 saturated carbocycles. The summed E-state index contributed by atoms with van der Waals surface area (Å²) in [5.41, 5.74) is 0.502. The van der Waals surface area contributed by atoms with Gasteiger partial charge in [-0.05, 0) is 36.5 Å². The number of amides is 2. The lowest BCUT2D eigenvalue weighted by Crippen LogP contribution is -2.49. The van der Waals surface area contributed by atoms with Crippen LogP contribution in [0.4, 0.5) is 5.69 Å². The molecule has 31 heavy (non-hydrogen) atoms. The molecule has 1 aromatic rings. The molecule has 10 heteroatoms. The molecule has 8 nitrogen and oxygen atoms in total. The van der Waals surface area contributed by atoms with Crippen LogP contribution in [0.25, 0.3) is 0 Å². The fraction of sp³-hybridized carbons (Fsp3) is 0.619. The predicted molar refractivity (Wildman–Crippen MR) is 119 cm³/mol. The van der Waals surface area contributed by atoms with E-state index in [1.165, 1.54) is 21.0 Å². The van der Waals surface area contributed by atoms with Crippen LogP contribution in [0.15, 0.2) is 28.0 Å². The number of morpholine rings is 1. The number of hydrogen-bond donors (Lipinski definition) is 0. The molecule has 2 saturated heterocycles. The molecule has 0 unspecified atom stereocenters. The van der Waals surface area contributed by atoms with E-state index in [-0.39, 0.29) is 29.0 Å². The molecular weight excluding hydrogens is 438 g/mol. The maximum Gasteiger partial charge on any atom is 0.243 e. The molecule has 0 bridgehead atoms. The van der Waals surface area contributed by atoms with E-state index < -0.39 is 10.0 Å². The van der Waals surface area contributed by atoms with Crippen molar-refractivity contribution in [3.8, 4) is 0 Å². The molecule has 4 rings (SSSR count). The van der Waals surface area contributed by atoms with Crippen molar-refractivity contribution in [2.24, 2.45) is 11.8 Å². The topological polar surface area (TPSA) is 87.2 Å². The van der Waals surface area contributed by atoms with Gasteiger partial charge in [-0.3, -0.25) is 9.59 Å². The van der Waals surface area contributed by atoms with Gasteiger partial charge >= 0.3 is 0 Å². The molecule has 3 aliphatic heterocycles. The maximum atomic E-state index is 13.1. The minimum Gasteiger partial charge on any atom is -0.379 e. The number of anilines is 1. The first-order valence-corrected chi connectivity index (χ1v) is 13.1. The zero-order valence-corrected chi connectivity index (χ0v) is 19.6. The largest absolute Gasteiger partial charge is 0.379 e. The summed E-state index contributed by atoms with van der Waals surface area (Å²) >= 11 is 1.37. The number of likely N-dealkylation sites (tertiary alicyclic amines) is 1. The molecule has 2 atom stereocenters. The molecule has 170 valence electrons. The second-order valence-corrected chi connectivity index (χ2v) is 11.6. The number of sulfonamides is 1. The molecule has 0 aromatic heterocycles. The maximum absolute atomic E-state index is 13.1. The summed E-state index contributed by atoms with van der Waals surface area (Å²) in [5, 5.41) is 0. The Hall–Kier alpha value is -1.62. The Morgan fingerprint density at radius 2 is 1.84 bits per heavy atom. The fourth-order valence-electron chi connectivity index (χ4n) is 4.55. The summed E-state index contributed by atoms with van der Waals surface area (Å²) in [5.74, 6) is 0.828. The lowest BCUT2D eigenvalue weighted by molar-refractivity contribution is -0.133. The molecule has 2 fully saturated rings. The van der Waals surface area contributed by atoms with Gasteiger partial charge in [0, 0.05) is 31.1 Å². The minimum absolute atomic E-state index is 0.0626. The summed E-state index contributed by atoms with van der Waals surface area (Å²) in [6.07, 6.45) is 1.09. The summed E-state index contributed by atoms with van der Waals surface area (Å²) in [6.45, 7) is 6.94. The average molecular weight is 468 g/mol. The third-order valence-electron chi connectivity index (χ3n) is 6.00. The monoisotopic (exact) mass is 467 g/mol. The van der Waals surface area contributed by atoms with E-state index in [2.05, 4.69) is 13.8 Å². The Morgan fingerprint density at radius 1 is 1.16 bits per heavy atom. The van der Waals surface area contributed by atoms with Crippen molar-refractivity contribution in [2.75, 3.05) is 56.6 Å². The third kappa shape index (κ3) is 4.76. The quantitative estimate of drug-likeness (QED) is 0.669. The van der Waals surface area contributed by atoms with Crippen LogP contribution in [0.3, 0.4) is 0 Å². The Bertz CT molecular complexity index is 952. The number of fused-ring (bicyclic) bond motifs is 1. The molecule has 2 amide bonds. The van der Waals surface area contributed by atoms with Crippen LogP contribution in [-0.4, -0.2) is 81.1 Å². The molecule has 0 spiro atoms. The van der Waals surface area contributed by atoms with E-state index in [0.717, 1.165) is 11.3 Å². The number of carbonyl (C=O) groups excluding carboxylic acids is 2. The highest BCUT2D eigenvalue weighted by molar-refractivity contribution is 8.00. The van der Waals surface area contributed by atoms with Gasteiger partial charge in [0.05, 0.1) is 29.5 Å². The standard InChI is InChI=1S/C21H29N3O5S2/c1-15-9-16(2)12-22(11-15)20(25)13-24-18-10-17(3-4-19(18)30-14-21(24)26)31(27,28)23-5-7-29-8-6-23/h3-4,10,15-16H,5-9,11-14H2,1-2H3/t15-,16+. The van der Waals surface area contributed by atoms with E-state index in [0.29, 0.717) is 56.9 Å². The summed E-state index contributed by atoms with van der Waals surface area (Å²) in [6, 6.07) is 4.86. The van der Waals surface area contributed by atoms with Crippen LogP contribution >= 0.6 is 11.8 Å². The van der Waals surface area contributed by atoms with Crippen LogP contribution in [0.5, 0.6) is 0 Å². The number of thioether (sulfide) groups is 1. The Morgan fingerprint density at radius 3 is 2.52 bits per heavy atom. The zero-order chi connectivity index (χ0) is 22.2. The van der Waals surface area contributed by atoms with Crippen LogP contribution in [0.1, 0.15) is 20.3 Å². The number of benzene rings is 1. The highest BCUT2D eigenvalue weighted by Crippen LogP contribution is 2.37. The van der Waals surface area contributed by atoms with Crippen LogP contribution in [-0.2, 0) is 24.3 Å². The van der Waals surface area contributed by atoms with Gasteiger partial charge in [0.15, 0.2) is 0 Å².